The lowest BCUT2D eigenvalue weighted by molar-refractivity contribution is 0.504. The zero-order valence-corrected chi connectivity index (χ0v) is 8.37. The Morgan fingerprint density at radius 2 is 2.23 bits per heavy atom. The molecule has 13 heavy (non-hydrogen) atoms. The molecule has 3 nitrogen and oxygen atoms in total. The van der Waals surface area contributed by atoms with Crippen LogP contribution < -0.4 is 0 Å². The first-order chi connectivity index (χ1) is 6.20. The van der Waals surface area contributed by atoms with E-state index in [1.54, 1.807) is 12.1 Å². The Kier molecular flexibility index (Phi) is 4.03. The van der Waals surface area contributed by atoms with E-state index >= 15 is 0 Å². The molecule has 0 fully saturated rings. The van der Waals surface area contributed by atoms with Gasteiger partial charge in [-0.2, -0.15) is 4.89 Å². The number of aliphatic imine (C=N–C) groups is 1. The quantitative estimate of drug-likeness (QED) is 0.623. The van der Waals surface area contributed by atoms with Crippen LogP contribution in [-0.4, -0.2) is 17.4 Å². The van der Waals surface area contributed by atoms with Crippen LogP contribution in [0.1, 0.15) is 5.56 Å². The van der Waals surface area contributed by atoms with E-state index in [4.69, 9.17) is 16.5 Å². The highest BCUT2D eigenvalue weighted by atomic mass is 35.5. The summed E-state index contributed by atoms with van der Waals surface area (Å²) in [5, 5.41) is 0.583. The largest absolute Gasteiger partial charge is 0.529 e. The maximum Gasteiger partial charge on any atom is 0.529 e. The van der Waals surface area contributed by atoms with E-state index in [0.29, 0.717) is 5.02 Å². The van der Waals surface area contributed by atoms with Crippen molar-refractivity contribution in [2.75, 3.05) is 6.29 Å². The Hall–Kier alpha value is -0.760. The highest BCUT2D eigenvalue weighted by Gasteiger charge is 2.05. The van der Waals surface area contributed by atoms with Crippen LogP contribution in [0.25, 0.3) is 0 Å². The predicted molar refractivity (Wildman–Crippen MR) is 53.7 cm³/mol. The molecule has 0 aromatic heterocycles. The number of halogens is 1. The van der Waals surface area contributed by atoms with Crippen molar-refractivity contribution in [3.05, 3.63) is 34.9 Å². The second-order valence-corrected chi connectivity index (χ2v) is 3.72. The molecule has 0 bridgehead atoms. The number of nitrogens with zero attached hydrogens (tertiary/aromatic N) is 1. The molecule has 68 valence electrons. The highest BCUT2D eigenvalue weighted by Crippen LogP contribution is 2.14. The van der Waals surface area contributed by atoms with E-state index in [0.717, 1.165) is 5.56 Å². The van der Waals surface area contributed by atoms with E-state index in [9.17, 15) is 4.57 Å². The molecule has 1 rings (SSSR count). The molecule has 0 aliphatic carbocycles. The molecule has 1 aromatic carbocycles. The fourth-order valence-electron chi connectivity index (χ4n) is 0.789. The predicted octanol–water partition coefficient (Wildman–Crippen LogP) is 2.45. The molecule has 0 saturated carbocycles. The Morgan fingerprint density at radius 3 is 2.85 bits per heavy atom. The lowest BCUT2D eigenvalue weighted by Gasteiger charge is -1.93. The van der Waals surface area contributed by atoms with Crippen LogP contribution in [0.15, 0.2) is 29.3 Å². The molecule has 0 radical (unpaired) electrons. The summed E-state index contributed by atoms with van der Waals surface area (Å²) < 4.78 is 10.3. The average molecular weight is 217 g/mol. The first-order valence-electron chi connectivity index (χ1n) is 3.58. The molecule has 0 amide bonds. The minimum Gasteiger partial charge on any atom is -0.241 e. The lowest BCUT2D eigenvalue weighted by Crippen LogP contribution is -1.82. The molecular formula is C8H8ClNO2P+. The molecule has 0 aliphatic rings. The van der Waals surface area contributed by atoms with Gasteiger partial charge in [0.25, 0.3) is 6.29 Å². The molecule has 1 atom stereocenters. The first-order valence-corrected chi connectivity index (χ1v) is 5.35. The molecule has 0 heterocycles. The number of benzene rings is 1. The summed E-state index contributed by atoms with van der Waals surface area (Å²) in [6.45, 7) is 0. The van der Waals surface area contributed by atoms with Gasteiger partial charge in [0.1, 0.15) is 0 Å². The smallest absolute Gasteiger partial charge is 0.241 e. The molecule has 1 unspecified atom stereocenters. The van der Waals surface area contributed by atoms with E-state index in [2.05, 4.69) is 4.99 Å². The standard InChI is InChI=1S/C8H7ClNO2P/c9-8-4-2-1-3-7(8)5-10-6-13(11)12/h1-5H,6H2/p+1. The third kappa shape index (κ3) is 3.64. The van der Waals surface area contributed by atoms with Crippen molar-refractivity contribution in [1.82, 2.24) is 0 Å². The Bertz CT molecular complexity index is 341. The van der Waals surface area contributed by atoms with Crippen molar-refractivity contribution in [2.24, 2.45) is 4.99 Å². The number of hydrogen-bond acceptors (Lipinski definition) is 2. The summed E-state index contributed by atoms with van der Waals surface area (Å²) in [6, 6.07) is 7.16. The van der Waals surface area contributed by atoms with Gasteiger partial charge < -0.3 is 0 Å². The van der Waals surface area contributed by atoms with Gasteiger partial charge in [-0.3, -0.25) is 0 Å². The van der Waals surface area contributed by atoms with Crippen molar-refractivity contribution in [3.63, 3.8) is 0 Å². The fraction of sp³-hybridized carbons (Fsp3) is 0.125. The summed E-state index contributed by atoms with van der Waals surface area (Å²) in [5.41, 5.74) is 0.751. The van der Waals surface area contributed by atoms with Gasteiger partial charge in [0, 0.05) is 16.8 Å². The van der Waals surface area contributed by atoms with Crippen LogP contribution in [0.3, 0.4) is 0 Å². The number of hydrogen-bond donors (Lipinski definition) is 1. The van der Waals surface area contributed by atoms with Gasteiger partial charge in [-0.15, -0.1) is 0 Å². The summed E-state index contributed by atoms with van der Waals surface area (Å²) in [7, 11) is -2.20. The average Bonchev–Trinajstić information content (AvgIpc) is 2.08. The Morgan fingerprint density at radius 1 is 1.54 bits per heavy atom. The fourth-order valence-corrected chi connectivity index (χ4v) is 1.19. The molecule has 0 spiro atoms. The van der Waals surface area contributed by atoms with Gasteiger partial charge in [-0.05, 0) is 10.6 Å². The summed E-state index contributed by atoms with van der Waals surface area (Å²) in [4.78, 5) is 12.2. The SMILES string of the molecule is O=[P+](O)CN=Cc1ccccc1Cl. The van der Waals surface area contributed by atoms with Gasteiger partial charge in [0.15, 0.2) is 0 Å². The topological polar surface area (TPSA) is 49.7 Å². The zero-order chi connectivity index (χ0) is 9.68. The molecule has 1 N–H and O–H groups in total. The van der Waals surface area contributed by atoms with E-state index in [-0.39, 0.29) is 6.29 Å². The van der Waals surface area contributed by atoms with Crippen LogP contribution >= 0.6 is 19.6 Å². The maximum absolute atomic E-state index is 10.3. The Balaban J connectivity index is 2.68. The van der Waals surface area contributed by atoms with Gasteiger partial charge >= 0.3 is 8.03 Å². The normalized spacial score (nSPS) is 12.0. The monoisotopic (exact) mass is 216 g/mol. The van der Waals surface area contributed by atoms with Gasteiger partial charge in [0.05, 0.1) is 0 Å². The minimum absolute atomic E-state index is 0.0828. The molecule has 0 aliphatic heterocycles. The van der Waals surface area contributed by atoms with Crippen molar-refractivity contribution in [2.45, 2.75) is 0 Å². The van der Waals surface area contributed by atoms with Gasteiger partial charge in [-0.25, -0.2) is 4.99 Å². The zero-order valence-electron chi connectivity index (χ0n) is 6.72. The summed E-state index contributed by atoms with van der Waals surface area (Å²) >= 11 is 5.81. The number of rotatable bonds is 3. The van der Waals surface area contributed by atoms with E-state index < -0.39 is 8.03 Å². The lowest BCUT2D eigenvalue weighted by atomic mass is 10.2. The van der Waals surface area contributed by atoms with Gasteiger partial charge in [0.2, 0.25) is 0 Å². The third-order valence-electron chi connectivity index (χ3n) is 1.34. The molecule has 5 heteroatoms. The second kappa shape index (κ2) is 5.07. The van der Waals surface area contributed by atoms with Crippen LogP contribution in [0.5, 0.6) is 0 Å². The van der Waals surface area contributed by atoms with Crippen molar-refractivity contribution in [1.29, 1.82) is 0 Å². The van der Waals surface area contributed by atoms with Crippen molar-refractivity contribution in [3.8, 4) is 0 Å². The van der Waals surface area contributed by atoms with Gasteiger partial charge in [-0.1, -0.05) is 29.8 Å². The summed E-state index contributed by atoms with van der Waals surface area (Å²) in [5.74, 6) is 0. The van der Waals surface area contributed by atoms with Crippen molar-refractivity contribution >= 4 is 25.8 Å². The van der Waals surface area contributed by atoms with E-state index in [1.165, 1.54) is 6.21 Å². The Labute approximate surface area is 81.9 Å². The molecule has 0 saturated heterocycles. The van der Waals surface area contributed by atoms with Crippen LogP contribution in [0, 0.1) is 0 Å². The molecular weight excluding hydrogens is 209 g/mol. The first kappa shape index (κ1) is 10.3. The maximum atomic E-state index is 10.3. The minimum atomic E-state index is -2.20. The molecule has 1 aromatic rings. The third-order valence-corrected chi connectivity index (χ3v) is 2.09. The van der Waals surface area contributed by atoms with Crippen molar-refractivity contribution < 1.29 is 9.46 Å². The van der Waals surface area contributed by atoms with Crippen LogP contribution in [0.4, 0.5) is 0 Å². The highest BCUT2D eigenvalue weighted by molar-refractivity contribution is 7.37. The summed E-state index contributed by atoms with van der Waals surface area (Å²) in [6.07, 6.45) is 1.41. The van der Waals surface area contributed by atoms with Crippen LogP contribution in [-0.2, 0) is 4.57 Å². The van der Waals surface area contributed by atoms with E-state index in [1.807, 2.05) is 12.1 Å². The second-order valence-electron chi connectivity index (χ2n) is 2.33. The van der Waals surface area contributed by atoms with Crippen LogP contribution in [0.2, 0.25) is 5.02 Å².